The van der Waals surface area contributed by atoms with E-state index in [0.29, 0.717) is 31.4 Å². The molecule has 0 bridgehead atoms. The Morgan fingerprint density at radius 3 is 2.68 bits per heavy atom. The average molecular weight is 382 g/mol. The van der Waals surface area contributed by atoms with Crippen LogP contribution in [0.5, 0.6) is 5.75 Å². The van der Waals surface area contributed by atoms with Crippen molar-refractivity contribution in [2.24, 2.45) is 4.99 Å². The molecule has 1 aromatic heterocycles. The van der Waals surface area contributed by atoms with E-state index in [2.05, 4.69) is 20.6 Å². The molecule has 0 fully saturated rings. The van der Waals surface area contributed by atoms with Crippen LogP contribution >= 0.6 is 0 Å². The quantitative estimate of drug-likeness (QED) is 0.484. The van der Waals surface area contributed by atoms with Crippen LogP contribution in [0.3, 0.4) is 0 Å². The lowest BCUT2D eigenvalue weighted by Gasteiger charge is -2.13. The second-order valence-corrected chi connectivity index (χ2v) is 6.07. The highest BCUT2D eigenvalue weighted by molar-refractivity contribution is 5.79. The number of aromatic nitrogens is 1. The first kappa shape index (κ1) is 19.4. The largest absolute Gasteiger partial charge is 0.496 e. The van der Waals surface area contributed by atoms with Gasteiger partial charge in [-0.15, -0.1) is 0 Å². The molecule has 28 heavy (non-hydrogen) atoms. The summed E-state index contributed by atoms with van der Waals surface area (Å²) in [4.78, 5) is 8.67. The molecular weight excluding hydrogens is 359 g/mol. The summed E-state index contributed by atoms with van der Waals surface area (Å²) in [6, 6.07) is 13.9. The normalized spacial score (nSPS) is 11.3. The molecule has 2 N–H and O–H groups in total. The Kier molecular flexibility index (Phi) is 6.62. The lowest BCUT2D eigenvalue weighted by atomic mass is 10.2. The zero-order valence-corrected chi connectivity index (χ0v) is 15.9. The maximum atomic E-state index is 13.0. The van der Waals surface area contributed by atoms with Gasteiger partial charge in [0.2, 0.25) is 5.89 Å². The maximum Gasteiger partial charge on any atom is 0.226 e. The van der Waals surface area contributed by atoms with Gasteiger partial charge in [0.25, 0.3) is 0 Å². The number of hydrogen-bond donors (Lipinski definition) is 2. The van der Waals surface area contributed by atoms with Crippen molar-refractivity contribution in [2.45, 2.75) is 13.0 Å². The van der Waals surface area contributed by atoms with E-state index in [1.807, 2.05) is 24.3 Å². The van der Waals surface area contributed by atoms with E-state index < -0.39 is 0 Å². The van der Waals surface area contributed by atoms with Gasteiger partial charge in [-0.2, -0.15) is 0 Å². The molecular formula is C21H23FN4O2. The fraction of sp³-hybridized carbons (Fsp3) is 0.238. The van der Waals surface area contributed by atoms with Gasteiger partial charge in [0.1, 0.15) is 17.8 Å². The number of rotatable bonds is 7. The molecule has 0 saturated heterocycles. The van der Waals surface area contributed by atoms with Crippen LogP contribution in [0.4, 0.5) is 4.39 Å². The SMILES string of the molecule is CN=C(NCCc1coc(-c2ccc(F)cc2)n1)NCc1ccccc1OC. The Bertz CT molecular complexity index is 922. The van der Waals surface area contributed by atoms with Gasteiger partial charge in [-0.05, 0) is 30.3 Å². The Balaban J connectivity index is 1.49. The highest BCUT2D eigenvalue weighted by Gasteiger charge is 2.08. The van der Waals surface area contributed by atoms with Crippen LogP contribution in [0.1, 0.15) is 11.3 Å². The maximum absolute atomic E-state index is 13.0. The number of nitrogens with zero attached hydrogens (tertiary/aromatic N) is 2. The Morgan fingerprint density at radius 1 is 1.14 bits per heavy atom. The van der Waals surface area contributed by atoms with Gasteiger partial charge in [-0.1, -0.05) is 18.2 Å². The van der Waals surface area contributed by atoms with Crippen LogP contribution in [0.25, 0.3) is 11.5 Å². The minimum Gasteiger partial charge on any atom is -0.496 e. The van der Waals surface area contributed by atoms with Crippen LogP contribution in [-0.2, 0) is 13.0 Å². The lowest BCUT2D eigenvalue weighted by Crippen LogP contribution is -2.37. The van der Waals surface area contributed by atoms with Gasteiger partial charge < -0.3 is 19.8 Å². The van der Waals surface area contributed by atoms with Gasteiger partial charge >= 0.3 is 0 Å². The smallest absolute Gasteiger partial charge is 0.226 e. The summed E-state index contributed by atoms with van der Waals surface area (Å²) >= 11 is 0. The van der Waals surface area contributed by atoms with Gasteiger partial charge in [-0.25, -0.2) is 9.37 Å². The second-order valence-electron chi connectivity index (χ2n) is 6.07. The van der Waals surface area contributed by atoms with Crippen LogP contribution in [-0.4, -0.2) is 31.6 Å². The molecule has 1 heterocycles. The molecule has 0 atom stereocenters. The summed E-state index contributed by atoms with van der Waals surface area (Å²) in [6.07, 6.45) is 2.28. The van der Waals surface area contributed by atoms with Gasteiger partial charge in [0, 0.05) is 37.7 Å². The summed E-state index contributed by atoms with van der Waals surface area (Å²) in [6.45, 7) is 1.24. The third kappa shape index (κ3) is 5.09. The molecule has 2 aromatic carbocycles. The Morgan fingerprint density at radius 2 is 1.93 bits per heavy atom. The van der Waals surface area contributed by atoms with Crippen molar-refractivity contribution in [3.63, 3.8) is 0 Å². The van der Waals surface area contributed by atoms with Crippen molar-refractivity contribution >= 4 is 5.96 Å². The Hall–Kier alpha value is -3.35. The fourth-order valence-corrected chi connectivity index (χ4v) is 2.70. The topological polar surface area (TPSA) is 71.7 Å². The first-order chi connectivity index (χ1) is 13.7. The molecule has 7 heteroatoms. The molecule has 3 aromatic rings. The molecule has 0 aliphatic heterocycles. The van der Waals surface area contributed by atoms with Crippen molar-refractivity contribution in [1.29, 1.82) is 0 Å². The van der Waals surface area contributed by atoms with Gasteiger partial charge in [0.15, 0.2) is 5.96 Å². The predicted molar refractivity (Wildman–Crippen MR) is 107 cm³/mol. The van der Waals surface area contributed by atoms with Crippen molar-refractivity contribution in [1.82, 2.24) is 15.6 Å². The van der Waals surface area contributed by atoms with E-state index in [9.17, 15) is 4.39 Å². The molecule has 0 aliphatic carbocycles. The zero-order valence-electron chi connectivity index (χ0n) is 15.9. The van der Waals surface area contributed by atoms with Crippen molar-refractivity contribution in [3.8, 4) is 17.2 Å². The highest BCUT2D eigenvalue weighted by Crippen LogP contribution is 2.19. The number of ether oxygens (including phenoxy) is 1. The summed E-state index contributed by atoms with van der Waals surface area (Å²) in [5.41, 5.74) is 2.61. The molecule has 3 rings (SSSR count). The number of oxazole rings is 1. The molecule has 6 nitrogen and oxygen atoms in total. The number of aliphatic imine (C=N–C) groups is 1. The summed E-state index contributed by atoms with van der Waals surface area (Å²) in [5, 5.41) is 6.51. The lowest BCUT2D eigenvalue weighted by molar-refractivity contribution is 0.409. The molecule has 0 unspecified atom stereocenters. The summed E-state index contributed by atoms with van der Waals surface area (Å²) in [5.74, 6) is 1.72. The molecule has 146 valence electrons. The van der Waals surface area contributed by atoms with Crippen LogP contribution < -0.4 is 15.4 Å². The van der Waals surface area contributed by atoms with E-state index in [1.54, 1.807) is 32.6 Å². The number of methoxy groups -OCH3 is 1. The first-order valence-electron chi connectivity index (χ1n) is 8.96. The number of para-hydroxylation sites is 1. The average Bonchev–Trinajstić information content (AvgIpc) is 3.20. The molecule has 0 spiro atoms. The van der Waals surface area contributed by atoms with Crippen molar-refractivity contribution < 1.29 is 13.5 Å². The minimum atomic E-state index is -0.285. The van der Waals surface area contributed by atoms with Crippen molar-refractivity contribution in [2.75, 3.05) is 20.7 Å². The van der Waals surface area contributed by atoms with Crippen LogP contribution in [0, 0.1) is 5.82 Å². The van der Waals surface area contributed by atoms with Gasteiger partial charge in [-0.3, -0.25) is 4.99 Å². The molecule has 0 saturated carbocycles. The third-order valence-corrected chi connectivity index (χ3v) is 4.18. The van der Waals surface area contributed by atoms with E-state index in [1.165, 1.54) is 12.1 Å². The molecule has 0 aliphatic rings. The number of hydrogen-bond acceptors (Lipinski definition) is 4. The monoisotopic (exact) mass is 382 g/mol. The summed E-state index contributed by atoms with van der Waals surface area (Å²) < 4.78 is 23.9. The standard InChI is InChI=1S/C21H23FN4O2/c1-23-21(25-13-16-5-3-4-6-19(16)27-2)24-12-11-18-14-28-20(26-18)15-7-9-17(22)10-8-15/h3-10,14H,11-13H2,1-2H3,(H2,23,24,25). The van der Waals surface area contributed by atoms with Crippen LogP contribution in [0.2, 0.25) is 0 Å². The van der Waals surface area contributed by atoms with E-state index in [0.717, 1.165) is 22.6 Å². The van der Waals surface area contributed by atoms with Crippen molar-refractivity contribution in [3.05, 3.63) is 71.9 Å². The summed E-state index contributed by atoms with van der Waals surface area (Å²) in [7, 11) is 3.38. The van der Waals surface area contributed by atoms with E-state index in [4.69, 9.17) is 9.15 Å². The van der Waals surface area contributed by atoms with Gasteiger partial charge in [0.05, 0.1) is 12.8 Å². The second kappa shape index (κ2) is 9.55. The first-order valence-corrected chi connectivity index (χ1v) is 8.96. The number of nitrogens with one attached hydrogen (secondary N) is 2. The number of halogens is 1. The third-order valence-electron chi connectivity index (χ3n) is 4.18. The van der Waals surface area contributed by atoms with Crippen LogP contribution in [0.15, 0.2) is 64.2 Å². The molecule has 0 amide bonds. The number of benzene rings is 2. The van der Waals surface area contributed by atoms with E-state index in [-0.39, 0.29) is 5.82 Å². The number of guanidine groups is 1. The van der Waals surface area contributed by atoms with E-state index >= 15 is 0 Å². The molecule has 0 radical (unpaired) electrons. The fourth-order valence-electron chi connectivity index (χ4n) is 2.70. The predicted octanol–water partition coefficient (Wildman–Crippen LogP) is 3.40. The highest BCUT2D eigenvalue weighted by atomic mass is 19.1. The Labute approximate surface area is 163 Å². The minimum absolute atomic E-state index is 0.285. The zero-order chi connectivity index (χ0) is 19.8.